The number of hydrogen-bond donors (Lipinski definition) is 2. The van der Waals surface area contributed by atoms with Crippen molar-refractivity contribution in [2.45, 2.75) is 39.2 Å². The minimum absolute atomic E-state index is 0.124. The molecule has 0 aliphatic heterocycles. The van der Waals surface area contributed by atoms with E-state index in [0.717, 1.165) is 36.8 Å². The second-order valence-corrected chi connectivity index (χ2v) is 8.09. The Hall–Kier alpha value is -2.18. The van der Waals surface area contributed by atoms with Crippen molar-refractivity contribution in [2.24, 2.45) is 5.73 Å². The van der Waals surface area contributed by atoms with E-state index in [4.69, 9.17) is 5.73 Å². The zero-order chi connectivity index (χ0) is 18.7. The third kappa shape index (κ3) is 4.31. The van der Waals surface area contributed by atoms with Gasteiger partial charge < -0.3 is 11.1 Å². The van der Waals surface area contributed by atoms with Crippen molar-refractivity contribution in [1.82, 2.24) is 4.90 Å². The highest BCUT2D eigenvalue weighted by Crippen LogP contribution is 2.37. The van der Waals surface area contributed by atoms with Gasteiger partial charge in [0.25, 0.3) is 5.91 Å². The molecule has 5 nitrogen and oxygen atoms in total. The van der Waals surface area contributed by atoms with Gasteiger partial charge in [0.15, 0.2) is 0 Å². The van der Waals surface area contributed by atoms with Crippen molar-refractivity contribution < 1.29 is 9.59 Å². The largest absolute Gasteiger partial charge is 0.365 e. The van der Waals surface area contributed by atoms with E-state index < -0.39 is 5.91 Å². The lowest BCUT2D eigenvalue weighted by atomic mass is 9.95. The lowest BCUT2D eigenvalue weighted by Gasteiger charge is -2.16. The minimum Gasteiger partial charge on any atom is -0.365 e. The van der Waals surface area contributed by atoms with Crippen LogP contribution in [0.15, 0.2) is 24.3 Å². The van der Waals surface area contributed by atoms with Crippen LogP contribution in [0.1, 0.15) is 44.8 Å². The summed E-state index contributed by atoms with van der Waals surface area (Å²) in [5.74, 6) is -0.576. The summed E-state index contributed by atoms with van der Waals surface area (Å²) in [6, 6.07) is 8.28. The van der Waals surface area contributed by atoms with Gasteiger partial charge in [-0.05, 0) is 50.8 Å². The maximum absolute atomic E-state index is 12.5. The van der Waals surface area contributed by atoms with Gasteiger partial charge in [-0.25, -0.2) is 0 Å². The molecule has 3 rings (SSSR count). The first kappa shape index (κ1) is 18.6. The Labute approximate surface area is 158 Å². The number of nitrogens with zero attached hydrogens (tertiary/aromatic N) is 1. The molecule has 2 amide bonds. The molecule has 138 valence electrons. The molecule has 1 aliphatic rings. The summed E-state index contributed by atoms with van der Waals surface area (Å²) in [5, 5.41) is 3.52. The molecule has 0 fully saturated rings. The first-order valence-corrected chi connectivity index (χ1v) is 9.74. The van der Waals surface area contributed by atoms with Crippen LogP contribution >= 0.6 is 11.3 Å². The van der Waals surface area contributed by atoms with Crippen molar-refractivity contribution in [1.29, 1.82) is 0 Å². The number of rotatable bonds is 6. The van der Waals surface area contributed by atoms with E-state index in [-0.39, 0.29) is 12.5 Å². The number of aryl methyl sites for hydroxylation is 2. The Balaban J connectivity index is 1.65. The molecular weight excluding hydrogens is 346 g/mol. The Morgan fingerprint density at radius 1 is 1.19 bits per heavy atom. The van der Waals surface area contributed by atoms with E-state index in [0.29, 0.717) is 17.1 Å². The smallest absolute Gasteiger partial charge is 0.251 e. The highest BCUT2D eigenvalue weighted by atomic mass is 32.1. The number of primary amides is 1. The molecule has 26 heavy (non-hydrogen) atoms. The molecule has 0 saturated heterocycles. The number of thiophene rings is 1. The molecule has 1 heterocycles. The van der Waals surface area contributed by atoms with Crippen LogP contribution in [0.3, 0.4) is 0 Å². The summed E-state index contributed by atoms with van der Waals surface area (Å²) in [6.45, 7) is 3.00. The molecule has 0 spiro atoms. The molecule has 3 N–H and O–H groups in total. The van der Waals surface area contributed by atoms with Crippen LogP contribution < -0.4 is 11.1 Å². The molecule has 6 heteroatoms. The number of nitrogens with two attached hydrogens (primary N) is 1. The van der Waals surface area contributed by atoms with Crippen LogP contribution in [0, 0.1) is 6.92 Å². The van der Waals surface area contributed by atoms with E-state index in [2.05, 4.69) is 36.5 Å². The quantitative estimate of drug-likeness (QED) is 0.819. The van der Waals surface area contributed by atoms with Crippen LogP contribution in [0.4, 0.5) is 5.00 Å². The number of fused-ring (bicyclic) bond motifs is 1. The van der Waals surface area contributed by atoms with Crippen molar-refractivity contribution >= 4 is 28.2 Å². The molecule has 1 aromatic carbocycles. The monoisotopic (exact) mass is 371 g/mol. The van der Waals surface area contributed by atoms with Crippen LogP contribution in [0.5, 0.6) is 0 Å². The molecule has 1 aliphatic carbocycles. The number of nitrogens with one attached hydrogen (secondary N) is 1. The van der Waals surface area contributed by atoms with E-state index in [1.165, 1.54) is 21.8 Å². The third-order valence-corrected chi connectivity index (χ3v) is 5.86. The number of carbonyl (C=O) groups is 2. The van der Waals surface area contributed by atoms with Gasteiger partial charge in [0.05, 0.1) is 12.1 Å². The molecule has 0 bridgehead atoms. The van der Waals surface area contributed by atoms with Crippen molar-refractivity contribution in [3.8, 4) is 0 Å². The van der Waals surface area contributed by atoms with Crippen LogP contribution in [-0.2, 0) is 24.2 Å². The van der Waals surface area contributed by atoms with Crippen molar-refractivity contribution in [2.75, 3.05) is 18.9 Å². The van der Waals surface area contributed by atoms with E-state index in [9.17, 15) is 9.59 Å². The lowest BCUT2D eigenvalue weighted by molar-refractivity contribution is -0.117. The number of amides is 2. The van der Waals surface area contributed by atoms with Gasteiger partial charge in [-0.1, -0.05) is 29.8 Å². The van der Waals surface area contributed by atoms with Crippen LogP contribution in [0.25, 0.3) is 0 Å². The molecular formula is C20H25N3O2S. The summed E-state index contributed by atoms with van der Waals surface area (Å²) in [4.78, 5) is 27.5. The number of likely N-dealkylation sites (N-methyl/N-ethyl adjacent to an activating group) is 1. The highest BCUT2D eigenvalue weighted by molar-refractivity contribution is 7.17. The van der Waals surface area contributed by atoms with Gasteiger partial charge in [-0.3, -0.25) is 14.5 Å². The Kier molecular flexibility index (Phi) is 5.74. The molecule has 0 saturated carbocycles. The third-order valence-electron chi connectivity index (χ3n) is 4.66. The average Bonchev–Trinajstić information content (AvgIpc) is 2.94. The van der Waals surface area contributed by atoms with E-state index in [1.54, 1.807) is 0 Å². The van der Waals surface area contributed by atoms with E-state index in [1.807, 2.05) is 11.9 Å². The minimum atomic E-state index is -0.451. The van der Waals surface area contributed by atoms with Gasteiger partial charge >= 0.3 is 0 Å². The lowest BCUT2D eigenvalue weighted by Crippen LogP contribution is -2.30. The number of benzene rings is 1. The van der Waals surface area contributed by atoms with Crippen molar-refractivity contribution in [3.05, 3.63) is 51.4 Å². The predicted octanol–water partition coefficient (Wildman–Crippen LogP) is 3.10. The first-order chi connectivity index (χ1) is 12.4. The topological polar surface area (TPSA) is 75.4 Å². The predicted molar refractivity (Wildman–Crippen MR) is 106 cm³/mol. The second kappa shape index (κ2) is 8.01. The maximum Gasteiger partial charge on any atom is 0.251 e. The van der Waals surface area contributed by atoms with Gasteiger partial charge in [-0.2, -0.15) is 0 Å². The number of anilines is 1. The SMILES string of the molecule is Cc1ccc(CN(C)CC(=O)Nc2sc3c(c2C(N)=O)CCCC3)cc1. The summed E-state index contributed by atoms with van der Waals surface area (Å²) in [6.07, 6.45) is 4.02. The normalized spacial score (nSPS) is 13.5. The van der Waals surface area contributed by atoms with E-state index >= 15 is 0 Å². The first-order valence-electron chi connectivity index (χ1n) is 8.92. The van der Waals surface area contributed by atoms with Crippen LogP contribution in [0.2, 0.25) is 0 Å². The van der Waals surface area contributed by atoms with Gasteiger partial charge in [0, 0.05) is 11.4 Å². The number of carbonyl (C=O) groups excluding carboxylic acids is 2. The molecule has 2 aromatic rings. The fourth-order valence-corrected chi connectivity index (χ4v) is 4.70. The van der Waals surface area contributed by atoms with Gasteiger partial charge in [0.1, 0.15) is 5.00 Å². The standard InChI is InChI=1S/C20H25N3O2S/c1-13-7-9-14(10-8-13)11-23(2)12-17(24)22-20-18(19(21)25)15-5-3-4-6-16(15)26-20/h7-10H,3-6,11-12H2,1-2H3,(H2,21,25)(H,22,24). The summed E-state index contributed by atoms with van der Waals surface area (Å²) >= 11 is 1.50. The van der Waals surface area contributed by atoms with Crippen molar-refractivity contribution in [3.63, 3.8) is 0 Å². The summed E-state index contributed by atoms with van der Waals surface area (Å²) in [5.41, 5.74) is 9.51. The summed E-state index contributed by atoms with van der Waals surface area (Å²) < 4.78 is 0. The fourth-order valence-electron chi connectivity index (χ4n) is 3.39. The Morgan fingerprint density at radius 2 is 1.88 bits per heavy atom. The Morgan fingerprint density at radius 3 is 2.58 bits per heavy atom. The molecule has 1 aromatic heterocycles. The second-order valence-electron chi connectivity index (χ2n) is 6.99. The fraction of sp³-hybridized carbons (Fsp3) is 0.400. The van der Waals surface area contributed by atoms with Gasteiger partial charge in [0.2, 0.25) is 5.91 Å². The van der Waals surface area contributed by atoms with Crippen LogP contribution in [-0.4, -0.2) is 30.3 Å². The maximum atomic E-state index is 12.5. The average molecular weight is 372 g/mol. The number of hydrogen-bond acceptors (Lipinski definition) is 4. The zero-order valence-corrected chi connectivity index (χ0v) is 16.1. The van der Waals surface area contributed by atoms with Gasteiger partial charge in [-0.15, -0.1) is 11.3 Å². The highest BCUT2D eigenvalue weighted by Gasteiger charge is 2.25. The molecule has 0 unspecified atom stereocenters. The summed E-state index contributed by atoms with van der Waals surface area (Å²) in [7, 11) is 1.91. The Bertz CT molecular complexity index is 811. The molecule has 0 atom stereocenters. The zero-order valence-electron chi connectivity index (χ0n) is 15.3. The molecule has 0 radical (unpaired) electrons.